The first-order valence-corrected chi connectivity index (χ1v) is 12.4. The maximum absolute atomic E-state index is 14.2. The SMILES string of the molecule is N[C@@H](Cc1ccccc1)C(=O)N1CCC[C@H]1P(=O)(Oc1ccccc1)Oc1ccccc1. The first-order chi connectivity index (χ1) is 15.5. The van der Waals surface area contributed by atoms with E-state index < -0.39 is 19.4 Å². The molecule has 0 radical (unpaired) electrons. The smallest absolute Gasteiger partial charge is 0.415 e. The van der Waals surface area contributed by atoms with Crippen LogP contribution < -0.4 is 14.8 Å². The minimum atomic E-state index is -3.79. The molecule has 7 heteroatoms. The van der Waals surface area contributed by atoms with Crippen LogP contribution in [0.25, 0.3) is 0 Å². The van der Waals surface area contributed by atoms with Gasteiger partial charge in [-0.15, -0.1) is 0 Å². The van der Waals surface area contributed by atoms with Crippen LogP contribution in [0.5, 0.6) is 11.5 Å². The molecule has 2 atom stereocenters. The molecule has 2 N–H and O–H groups in total. The Kier molecular flexibility index (Phi) is 6.93. The topological polar surface area (TPSA) is 81.9 Å². The molecule has 1 fully saturated rings. The minimum Gasteiger partial charge on any atom is -0.415 e. The Balaban J connectivity index is 1.59. The van der Waals surface area contributed by atoms with Crippen molar-refractivity contribution in [3.05, 3.63) is 96.6 Å². The van der Waals surface area contributed by atoms with Gasteiger partial charge in [0.2, 0.25) is 5.91 Å². The second-order valence-corrected chi connectivity index (χ2v) is 9.84. The molecule has 0 aromatic heterocycles. The summed E-state index contributed by atoms with van der Waals surface area (Å²) in [6.45, 7) is 0.465. The summed E-state index contributed by atoms with van der Waals surface area (Å²) in [5.41, 5.74) is 7.26. The van der Waals surface area contributed by atoms with Gasteiger partial charge in [0.05, 0.1) is 6.04 Å². The summed E-state index contributed by atoms with van der Waals surface area (Å²) in [5.74, 6) is -0.0959. The average Bonchev–Trinajstić information content (AvgIpc) is 3.31. The maximum atomic E-state index is 14.2. The Labute approximate surface area is 188 Å². The number of nitrogens with two attached hydrogens (primary N) is 1. The van der Waals surface area contributed by atoms with Gasteiger partial charge in [0.25, 0.3) is 0 Å². The molecule has 1 aliphatic rings. The van der Waals surface area contributed by atoms with Crippen molar-refractivity contribution < 1.29 is 18.4 Å². The van der Waals surface area contributed by atoms with Gasteiger partial charge in [0, 0.05) is 6.54 Å². The molecule has 0 unspecified atom stereocenters. The highest BCUT2D eigenvalue weighted by Crippen LogP contribution is 2.57. The number of benzene rings is 3. The van der Waals surface area contributed by atoms with Crippen LogP contribution in [0.3, 0.4) is 0 Å². The lowest BCUT2D eigenvalue weighted by atomic mass is 10.1. The summed E-state index contributed by atoms with van der Waals surface area (Å²) >= 11 is 0. The van der Waals surface area contributed by atoms with E-state index in [1.165, 1.54) is 0 Å². The molecule has 4 rings (SSSR count). The predicted molar refractivity (Wildman–Crippen MR) is 125 cm³/mol. The molecule has 1 amide bonds. The fourth-order valence-electron chi connectivity index (χ4n) is 3.90. The van der Waals surface area contributed by atoms with E-state index in [4.69, 9.17) is 14.8 Å². The van der Waals surface area contributed by atoms with E-state index in [2.05, 4.69) is 0 Å². The Morgan fingerprint density at radius 1 is 0.906 bits per heavy atom. The Hall–Kier alpha value is -3.08. The predicted octanol–water partition coefficient (Wildman–Crippen LogP) is 4.86. The third-order valence-corrected chi connectivity index (χ3v) is 7.63. The summed E-state index contributed by atoms with van der Waals surface area (Å²) in [5, 5.41) is 0. The number of hydrogen-bond donors (Lipinski definition) is 1. The van der Waals surface area contributed by atoms with Gasteiger partial charge in [-0.25, -0.2) is 4.57 Å². The molecular formula is C25H27N2O4P. The number of hydrogen-bond acceptors (Lipinski definition) is 5. The van der Waals surface area contributed by atoms with Crippen LogP contribution in [-0.4, -0.2) is 29.2 Å². The van der Waals surface area contributed by atoms with Crippen molar-refractivity contribution in [2.45, 2.75) is 31.1 Å². The summed E-state index contributed by atoms with van der Waals surface area (Å²) in [6, 6.07) is 26.7. The lowest BCUT2D eigenvalue weighted by molar-refractivity contribution is -0.132. The molecule has 166 valence electrons. The van der Waals surface area contributed by atoms with Crippen LogP contribution in [0.1, 0.15) is 18.4 Å². The van der Waals surface area contributed by atoms with Crippen molar-refractivity contribution in [2.24, 2.45) is 5.73 Å². The van der Waals surface area contributed by atoms with Gasteiger partial charge in [-0.1, -0.05) is 66.7 Å². The molecule has 32 heavy (non-hydrogen) atoms. The molecule has 1 aliphatic heterocycles. The molecule has 0 saturated carbocycles. The summed E-state index contributed by atoms with van der Waals surface area (Å²) in [6.07, 6.45) is 1.63. The fourth-order valence-corrected chi connectivity index (χ4v) is 6.08. The van der Waals surface area contributed by atoms with E-state index >= 15 is 0 Å². The van der Waals surface area contributed by atoms with Gasteiger partial charge in [0.15, 0.2) is 5.78 Å². The maximum Gasteiger partial charge on any atom is 0.453 e. The fraction of sp³-hybridized carbons (Fsp3) is 0.240. The van der Waals surface area contributed by atoms with Crippen molar-refractivity contribution in [3.8, 4) is 11.5 Å². The monoisotopic (exact) mass is 450 g/mol. The van der Waals surface area contributed by atoms with Crippen molar-refractivity contribution in [3.63, 3.8) is 0 Å². The molecule has 3 aromatic carbocycles. The van der Waals surface area contributed by atoms with Crippen LogP contribution in [0.4, 0.5) is 0 Å². The molecule has 1 heterocycles. The number of carbonyl (C=O) groups is 1. The third-order valence-electron chi connectivity index (χ3n) is 5.44. The molecule has 0 spiro atoms. The van der Waals surface area contributed by atoms with Gasteiger partial charge in [-0.2, -0.15) is 0 Å². The number of rotatable bonds is 8. The van der Waals surface area contributed by atoms with Crippen LogP contribution >= 0.6 is 7.60 Å². The number of nitrogens with zero attached hydrogens (tertiary/aromatic N) is 1. The standard InChI is InChI=1S/C25H27N2O4P/c26-23(19-20-11-4-1-5-12-20)25(28)27-18-10-17-24(27)32(29,30-21-13-6-2-7-14-21)31-22-15-8-3-9-16-22/h1-9,11-16,23-24H,10,17-19,26H2/t23-,24+/m0/s1. The number of carbonyl (C=O) groups excluding carboxylic acids is 1. The van der Waals surface area contributed by atoms with Gasteiger partial charge in [0.1, 0.15) is 11.5 Å². The average molecular weight is 450 g/mol. The van der Waals surface area contributed by atoms with E-state index in [1.54, 1.807) is 53.4 Å². The van der Waals surface area contributed by atoms with Crippen molar-refractivity contribution >= 4 is 13.5 Å². The molecule has 0 aliphatic carbocycles. The second kappa shape index (κ2) is 10.0. The van der Waals surface area contributed by atoms with E-state index in [0.717, 1.165) is 5.56 Å². The van der Waals surface area contributed by atoms with Crippen molar-refractivity contribution in [1.82, 2.24) is 4.90 Å². The Morgan fingerprint density at radius 3 is 1.94 bits per heavy atom. The first kappa shape index (κ1) is 22.1. The van der Waals surface area contributed by atoms with Crippen LogP contribution in [0, 0.1) is 0 Å². The highest BCUT2D eigenvalue weighted by Gasteiger charge is 2.48. The van der Waals surface area contributed by atoms with Crippen molar-refractivity contribution in [2.75, 3.05) is 6.54 Å². The lowest BCUT2D eigenvalue weighted by Gasteiger charge is -2.32. The third kappa shape index (κ3) is 5.21. The van der Waals surface area contributed by atoms with Gasteiger partial charge in [-0.05, 0) is 49.1 Å². The molecule has 0 bridgehead atoms. The van der Waals surface area contributed by atoms with E-state index in [-0.39, 0.29) is 5.91 Å². The first-order valence-electron chi connectivity index (χ1n) is 10.7. The molecule has 1 saturated heterocycles. The molecule has 6 nitrogen and oxygen atoms in total. The van der Waals surface area contributed by atoms with Gasteiger partial charge < -0.3 is 19.7 Å². The second-order valence-electron chi connectivity index (χ2n) is 7.80. The zero-order valence-electron chi connectivity index (χ0n) is 17.7. The molecule has 3 aromatic rings. The normalized spacial score (nSPS) is 17.0. The zero-order valence-corrected chi connectivity index (χ0v) is 18.6. The Bertz CT molecular complexity index is 1020. The summed E-state index contributed by atoms with van der Waals surface area (Å²) in [7, 11) is -3.79. The number of likely N-dealkylation sites (tertiary alicyclic amines) is 1. The van der Waals surface area contributed by atoms with Crippen molar-refractivity contribution in [1.29, 1.82) is 0 Å². The highest BCUT2D eigenvalue weighted by molar-refractivity contribution is 7.55. The zero-order chi connectivity index (χ0) is 22.4. The minimum absolute atomic E-state index is 0.245. The van der Waals surface area contributed by atoms with Gasteiger partial charge in [-0.3, -0.25) is 4.79 Å². The van der Waals surface area contributed by atoms with Crippen LogP contribution in [0.15, 0.2) is 91.0 Å². The summed E-state index contributed by atoms with van der Waals surface area (Å²) in [4.78, 5) is 14.9. The van der Waals surface area contributed by atoms with E-state index in [0.29, 0.717) is 37.3 Å². The highest BCUT2D eigenvalue weighted by atomic mass is 31.2. The van der Waals surface area contributed by atoms with Crippen LogP contribution in [0.2, 0.25) is 0 Å². The quantitative estimate of drug-likeness (QED) is 0.496. The lowest BCUT2D eigenvalue weighted by Crippen LogP contribution is -2.47. The van der Waals surface area contributed by atoms with Gasteiger partial charge >= 0.3 is 7.60 Å². The van der Waals surface area contributed by atoms with Crippen LogP contribution in [-0.2, 0) is 15.8 Å². The number of para-hydroxylation sites is 2. The van der Waals surface area contributed by atoms with E-state index in [1.807, 2.05) is 42.5 Å². The largest absolute Gasteiger partial charge is 0.453 e. The van der Waals surface area contributed by atoms with E-state index in [9.17, 15) is 9.36 Å². The Morgan fingerprint density at radius 2 is 1.41 bits per heavy atom. The number of amides is 1. The summed E-state index contributed by atoms with van der Waals surface area (Å²) < 4.78 is 26.1. The molecular weight excluding hydrogens is 423 g/mol.